The molecule has 3 unspecified atom stereocenters. The Morgan fingerprint density at radius 3 is 1.68 bits per heavy atom. The van der Waals surface area contributed by atoms with Crippen LogP contribution in [0.3, 0.4) is 0 Å². The second-order valence-corrected chi connectivity index (χ2v) is 8.60. The van der Waals surface area contributed by atoms with Crippen molar-refractivity contribution in [1.82, 2.24) is 0 Å². The lowest BCUT2D eigenvalue weighted by atomic mass is 9.54. The zero-order valence-corrected chi connectivity index (χ0v) is 15.1. The van der Waals surface area contributed by atoms with Gasteiger partial charge in [-0.3, -0.25) is 0 Å². The molecule has 0 aliphatic carbocycles. The van der Waals surface area contributed by atoms with Gasteiger partial charge in [-0.05, 0) is 53.9 Å². The van der Waals surface area contributed by atoms with Gasteiger partial charge in [-0.1, -0.05) is 62.3 Å². The Hall–Kier alpha value is -0.0400. The first-order valence-corrected chi connectivity index (χ1v) is 8.12. The van der Waals surface area contributed by atoms with Gasteiger partial charge in [0.2, 0.25) is 0 Å². The first-order chi connectivity index (χ1) is 8.42. The van der Waals surface area contributed by atoms with Crippen molar-refractivity contribution in [1.29, 1.82) is 0 Å². The van der Waals surface area contributed by atoms with E-state index in [0.717, 1.165) is 18.9 Å². The third-order valence-electron chi connectivity index (χ3n) is 6.26. The fourth-order valence-corrected chi connectivity index (χ4v) is 3.37. The van der Waals surface area contributed by atoms with Crippen LogP contribution in [0.1, 0.15) is 81.6 Å². The summed E-state index contributed by atoms with van der Waals surface area (Å²) < 4.78 is 0. The summed E-state index contributed by atoms with van der Waals surface area (Å²) in [5.74, 6) is 1.42. The largest absolute Gasteiger partial charge is 0.330 e. The van der Waals surface area contributed by atoms with Crippen molar-refractivity contribution in [3.63, 3.8) is 0 Å². The van der Waals surface area contributed by atoms with Crippen LogP contribution in [0.2, 0.25) is 0 Å². The smallest absolute Gasteiger partial charge is 0.00745 e. The third-order valence-corrected chi connectivity index (χ3v) is 6.26. The molecule has 3 atom stereocenters. The summed E-state index contributed by atoms with van der Waals surface area (Å²) in [6.07, 6.45) is 3.66. The van der Waals surface area contributed by atoms with Crippen molar-refractivity contribution in [3.05, 3.63) is 0 Å². The first kappa shape index (κ1) is 19.0. The Balaban J connectivity index is 5.12. The average Bonchev–Trinajstić information content (AvgIpc) is 2.25. The molecule has 0 aromatic rings. The van der Waals surface area contributed by atoms with E-state index in [0.29, 0.717) is 22.2 Å². The molecule has 0 aliphatic heterocycles. The molecule has 0 spiro atoms. The van der Waals surface area contributed by atoms with E-state index in [1.807, 2.05) is 0 Å². The van der Waals surface area contributed by atoms with Crippen molar-refractivity contribution in [2.45, 2.75) is 81.6 Å². The van der Waals surface area contributed by atoms with Gasteiger partial charge in [0.05, 0.1) is 0 Å². The zero-order valence-electron chi connectivity index (χ0n) is 15.1. The molecule has 0 aromatic heterocycles. The first-order valence-electron chi connectivity index (χ1n) is 8.12. The molecule has 0 bridgehead atoms. The molecule has 0 rings (SSSR count). The molecule has 0 aromatic carbocycles. The van der Waals surface area contributed by atoms with Crippen LogP contribution in [0.5, 0.6) is 0 Å². The van der Waals surface area contributed by atoms with Crippen LogP contribution in [0.15, 0.2) is 0 Å². The monoisotopic (exact) mass is 269 g/mol. The summed E-state index contributed by atoms with van der Waals surface area (Å²) in [6, 6.07) is 0. The topological polar surface area (TPSA) is 26.0 Å². The van der Waals surface area contributed by atoms with E-state index >= 15 is 0 Å². The zero-order chi connectivity index (χ0) is 15.5. The van der Waals surface area contributed by atoms with Crippen molar-refractivity contribution in [3.8, 4) is 0 Å². The minimum atomic E-state index is 0.350. The Morgan fingerprint density at radius 1 is 0.895 bits per heavy atom. The minimum Gasteiger partial charge on any atom is -0.330 e. The highest BCUT2D eigenvalue weighted by molar-refractivity contribution is 4.94. The Bertz CT molecular complexity index is 261. The van der Waals surface area contributed by atoms with Crippen molar-refractivity contribution >= 4 is 0 Å². The molecule has 0 radical (unpaired) electrons. The maximum absolute atomic E-state index is 5.79. The highest BCUT2D eigenvalue weighted by Gasteiger charge is 2.44. The fraction of sp³-hybridized carbons (Fsp3) is 1.00. The SMILES string of the molecule is CCC(C)(C(C)CCN)C(C)(C)CC(C)C(C)(C)C. The van der Waals surface area contributed by atoms with Gasteiger partial charge in [-0.2, -0.15) is 0 Å². The van der Waals surface area contributed by atoms with Crippen LogP contribution < -0.4 is 5.73 Å². The Kier molecular flexibility index (Phi) is 6.59. The summed E-state index contributed by atoms with van der Waals surface area (Å²) in [5.41, 5.74) is 6.90. The van der Waals surface area contributed by atoms with Crippen molar-refractivity contribution in [2.75, 3.05) is 6.54 Å². The van der Waals surface area contributed by atoms with Gasteiger partial charge in [0.15, 0.2) is 0 Å². The maximum Gasteiger partial charge on any atom is -0.00745 e. The standard InChI is InChI=1S/C18H39N/c1-10-18(9,14(2)11-12-19)17(7,8)13-15(3)16(4,5)6/h14-15H,10-13,19H2,1-9H3. The summed E-state index contributed by atoms with van der Waals surface area (Å²) >= 11 is 0. The lowest BCUT2D eigenvalue weighted by Crippen LogP contribution is -2.43. The van der Waals surface area contributed by atoms with Crippen LogP contribution in [-0.4, -0.2) is 6.54 Å². The maximum atomic E-state index is 5.79. The molecule has 1 heteroatoms. The van der Waals surface area contributed by atoms with Gasteiger partial charge in [0.1, 0.15) is 0 Å². The third kappa shape index (κ3) is 4.48. The van der Waals surface area contributed by atoms with E-state index in [9.17, 15) is 0 Å². The van der Waals surface area contributed by atoms with E-state index in [-0.39, 0.29) is 0 Å². The minimum absolute atomic E-state index is 0.350. The molecule has 0 amide bonds. The van der Waals surface area contributed by atoms with Crippen LogP contribution in [-0.2, 0) is 0 Å². The van der Waals surface area contributed by atoms with Crippen molar-refractivity contribution in [2.24, 2.45) is 33.8 Å². The molecule has 0 fully saturated rings. The Morgan fingerprint density at radius 2 is 1.37 bits per heavy atom. The molecule has 0 heterocycles. The van der Waals surface area contributed by atoms with Gasteiger partial charge in [0, 0.05) is 0 Å². The van der Waals surface area contributed by atoms with E-state index < -0.39 is 0 Å². The molecule has 1 nitrogen and oxygen atoms in total. The van der Waals surface area contributed by atoms with Gasteiger partial charge in [-0.15, -0.1) is 0 Å². The molecule has 0 saturated heterocycles. The van der Waals surface area contributed by atoms with Crippen LogP contribution in [0, 0.1) is 28.1 Å². The average molecular weight is 270 g/mol. The van der Waals surface area contributed by atoms with Crippen LogP contribution >= 0.6 is 0 Å². The predicted molar refractivity (Wildman–Crippen MR) is 88.3 cm³/mol. The van der Waals surface area contributed by atoms with Crippen LogP contribution in [0.4, 0.5) is 0 Å². The van der Waals surface area contributed by atoms with E-state index in [4.69, 9.17) is 5.73 Å². The normalized spacial score (nSPS) is 19.9. The predicted octanol–water partition coefficient (Wildman–Crippen LogP) is 5.49. The number of hydrogen-bond donors (Lipinski definition) is 1. The van der Waals surface area contributed by atoms with Gasteiger partial charge in [0.25, 0.3) is 0 Å². The summed E-state index contributed by atoms with van der Waals surface area (Å²) in [5, 5.41) is 0. The van der Waals surface area contributed by atoms with Gasteiger partial charge in [-0.25, -0.2) is 0 Å². The molecule has 0 saturated carbocycles. The number of nitrogens with two attached hydrogens (primary N) is 1. The van der Waals surface area contributed by atoms with Crippen LogP contribution in [0.25, 0.3) is 0 Å². The number of hydrogen-bond acceptors (Lipinski definition) is 1. The lowest BCUT2D eigenvalue weighted by Gasteiger charge is -2.51. The van der Waals surface area contributed by atoms with Gasteiger partial charge >= 0.3 is 0 Å². The van der Waals surface area contributed by atoms with Crippen molar-refractivity contribution < 1.29 is 0 Å². The van der Waals surface area contributed by atoms with Gasteiger partial charge < -0.3 is 5.73 Å². The summed E-state index contributed by atoms with van der Waals surface area (Å²) in [6.45, 7) is 22.4. The van der Waals surface area contributed by atoms with E-state index in [1.165, 1.54) is 12.8 Å². The highest BCUT2D eigenvalue weighted by Crippen LogP contribution is 2.53. The second-order valence-electron chi connectivity index (χ2n) is 8.60. The Labute approximate surface area is 122 Å². The molecule has 19 heavy (non-hydrogen) atoms. The van der Waals surface area contributed by atoms with E-state index in [2.05, 4.69) is 62.3 Å². The lowest BCUT2D eigenvalue weighted by molar-refractivity contribution is -0.0106. The highest BCUT2D eigenvalue weighted by atomic mass is 14.6. The quantitative estimate of drug-likeness (QED) is 0.650. The fourth-order valence-electron chi connectivity index (χ4n) is 3.37. The molecular weight excluding hydrogens is 230 g/mol. The molecule has 0 aliphatic rings. The number of rotatable bonds is 7. The second kappa shape index (κ2) is 6.61. The summed E-state index contributed by atoms with van der Waals surface area (Å²) in [7, 11) is 0. The molecule has 116 valence electrons. The summed E-state index contributed by atoms with van der Waals surface area (Å²) in [4.78, 5) is 0. The van der Waals surface area contributed by atoms with E-state index in [1.54, 1.807) is 0 Å². The molecule has 2 N–H and O–H groups in total. The molecular formula is C18H39N.